The van der Waals surface area contributed by atoms with Gasteiger partial charge in [-0.25, -0.2) is 4.98 Å². The summed E-state index contributed by atoms with van der Waals surface area (Å²) < 4.78 is 10.5. The maximum atomic E-state index is 13.3. The van der Waals surface area contributed by atoms with Gasteiger partial charge in [0.05, 0.1) is 6.04 Å². The Labute approximate surface area is 168 Å². The van der Waals surface area contributed by atoms with Gasteiger partial charge < -0.3 is 18.7 Å². The molecule has 8 heteroatoms. The minimum Gasteiger partial charge on any atom is -0.448 e. The lowest BCUT2D eigenvalue weighted by Crippen LogP contribution is -2.36. The lowest BCUT2D eigenvalue weighted by Gasteiger charge is -2.30. The summed E-state index contributed by atoms with van der Waals surface area (Å²) in [7, 11) is 0. The third kappa shape index (κ3) is 2.99. The number of rotatable bonds is 3. The van der Waals surface area contributed by atoms with E-state index in [0.29, 0.717) is 35.9 Å². The number of benzene rings is 1. The molecule has 3 atom stereocenters. The number of nitrogens with zero attached hydrogens (tertiary/aromatic N) is 5. The minimum absolute atomic E-state index is 0.0243. The maximum Gasteiger partial charge on any atom is 0.276 e. The van der Waals surface area contributed by atoms with Crippen LogP contribution in [-0.4, -0.2) is 45.6 Å². The molecule has 2 aliphatic rings. The van der Waals surface area contributed by atoms with Gasteiger partial charge in [0, 0.05) is 45.3 Å². The second kappa shape index (κ2) is 6.72. The number of carbonyl (C=O) groups excluding carboxylic acids is 1. The van der Waals surface area contributed by atoms with Crippen LogP contribution >= 0.6 is 0 Å². The van der Waals surface area contributed by atoms with E-state index in [-0.39, 0.29) is 17.9 Å². The molecule has 0 aliphatic carbocycles. The number of fused-ring (bicyclic) bond motifs is 1. The molecule has 0 saturated carbocycles. The van der Waals surface area contributed by atoms with Gasteiger partial charge in [-0.1, -0.05) is 24.3 Å². The molecule has 1 amide bonds. The molecule has 0 N–H and O–H groups in total. The number of aromatic nitrogens is 3. The fraction of sp³-hybridized carbons (Fsp3) is 0.429. The van der Waals surface area contributed by atoms with Crippen molar-refractivity contribution >= 4 is 11.9 Å². The Hall–Kier alpha value is -3.16. The molecule has 1 aromatic carbocycles. The molecule has 8 nitrogen and oxygen atoms in total. The quantitative estimate of drug-likeness (QED) is 0.676. The molecule has 29 heavy (non-hydrogen) atoms. The molecule has 0 radical (unpaired) electrons. The van der Waals surface area contributed by atoms with Crippen LogP contribution in [0.15, 0.2) is 39.5 Å². The molecule has 3 aromatic rings. The highest BCUT2D eigenvalue weighted by Gasteiger charge is 2.50. The first kappa shape index (κ1) is 17.9. The molecule has 2 saturated heterocycles. The van der Waals surface area contributed by atoms with E-state index in [1.807, 2.05) is 17.0 Å². The first-order chi connectivity index (χ1) is 14.0. The van der Waals surface area contributed by atoms with Crippen LogP contribution in [0, 0.1) is 32.6 Å². The fourth-order valence-corrected chi connectivity index (χ4v) is 4.76. The van der Waals surface area contributed by atoms with Crippen LogP contribution in [0.1, 0.15) is 39.4 Å². The zero-order chi connectivity index (χ0) is 20.1. The monoisotopic (exact) mass is 393 g/mol. The van der Waals surface area contributed by atoms with Crippen molar-refractivity contribution in [3.05, 3.63) is 59.1 Å². The van der Waals surface area contributed by atoms with Gasteiger partial charge in [0.1, 0.15) is 6.26 Å². The Bertz CT molecular complexity index is 1060. The molecule has 2 aromatic heterocycles. The largest absolute Gasteiger partial charge is 0.448 e. The van der Waals surface area contributed by atoms with Gasteiger partial charge in [0.25, 0.3) is 11.9 Å². The van der Waals surface area contributed by atoms with Crippen LogP contribution in [0.25, 0.3) is 0 Å². The zero-order valence-electron chi connectivity index (χ0n) is 16.7. The smallest absolute Gasteiger partial charge is 0.276 e. The van der Waals surface area contributed by atoms with E-state index in [1.165, 1.54) is 17.4 Å². The van der Waals surface area contributed by atoms with Gasteiger partial charge in [-0.2, -0.15) is 4.98 Å². The van der Waals surface area contributed by atoms with E-state index in [2.05, 4.69) is 39.1 Å². The number of anilines is 1. The van der Waals surface area contributed by atoms with Crippen LogP contribution in [0.5, 0.6) is 0 Å². The predicted octanol–water partition coefficient (Wildman–Crippen LogP) is 2.93. The number of hydrogen-bond acceptors (Lipinski definition) is 7. The summed E-state index contributed by atoms with van der Waals surface area (Å²) in [6, 6.07) is 8.26. The number of aryl methyl sites for hydroxylation is 3. The summed E-state index contributed by atoms with van der Waals surface area (Å²) in [4.78, 5) is 26.1. The van der Waals surface area contributed by atoms with Crippen LogP contribution in [-0.2, 0) is 0 Å². The third-order valence-corrected chi connectivity index (χ3v) is 6.07. The second-order valence-corrected chi connectivity index (χ2v) is 7.95. The molecular formula is C21H23N5O3. The Morgan fingerprint density at radius 1 is 1.07 bits per heavy atom. The molecule has 2 fully saturated rings. The van der Waals surface area contributed by atoms with E-state index >= 15 is 0 Å². The van der Waals surface area contributed by atoms with E-state index in [4.69, 9.17) is 8.94 Å². The normalized spacial score (nSPS) is 23.6. The van der Waals surface area contributed by atoms with Crippen LogP contribution in [0.4, 0.5) is 5.95 Å². The van der Waals surface area contributed by atoms with Crippen molar-refractivity contribution in [3.8, 4) is 0 Å². The number of hydrogen-bond donors (Lipinski definition) is 0. The molecular weight excluding hydrogens is 370 g/mol. The van der Waals surface area contributed by atoms with Gasteiger partial charge in [0.15, 0.2) is 11.6 Å². The number of likely N-dealkylation sites (tertiary alicyclic amines) is 1. The van der Waals surface area contributed by atoms with Gasteiger partial charge >= 0.3 is 0 Å². The van der Waals surface area contributed by atoms with Crippen molar-refractivity contribution in [1.82, 2.24) is 20.0 Å². The van der Waals surface area contributed by atoms with Gasteiger partial charge in [-0.05, 0) is 23.2 Å². The minimum atomic E-state index is -0.0774. The van der Waals surface area contributed by atoms with Crippen molar-refractivity contribution in [2.24, 2.45) is 11.8 Å². The van der Waals surface area contributed by atoms with E-state index < -0.39 is 0 Å². The molecule has 0 unspecified atom stereocenters. The average molecular weight is 393 g/mol. The molecule has 150 valence electrons. The lowest BCUT2D eigenvalue weighted by molar-refractivity contribution is 0.0709. The van der Waals surface area contributed by atoms with Crippen molar-refractivity contribution < 1.29 is 13.7 Å². The van der Waals surface area contributed by atoms with Crippen molar-refractivity contribution in [2.75, 3.05) is 24.5 Å². The van der Waals surface area contributed by atoms with Crippen LogP contribution < -0.4 is 4.90 Å². The van der Waals surface area contributed by atoms with E-state index in [1.54, 1.807) is 13.8 Å². The third-order valence-electron chi connectivity index (χ3n) is 6.07. The van der Waals surface area contributed by atoms with Crippen LogP contribution in [0.3, 0.4) is 0 Å². The standard InChI is InChI=1S/C21H23N5O3/c1-12-6-4-5-7-16(12)19-17-10-25(21-23-14(3)29-24-21)8-15(17)9-26(19)20(27)18-11-28-13(2)22-18/h4-7,11,15,17,19H,8-10H2,1-3H3/t15-,17-,19+/m0/s1. The van der Waals surface area contributed by atoms with Gasteiger partial charge in [0.2, 0.25) is 5.89 Å². The molecule has 2 aliphatic heterocycles. The van der Waals surface area contributed by atoms with Crippen molar-refractivity contribution in [3.63, 3.8) is 0 Å². The summed E-state index contributed by atoms with van der Waals surface area (Å²) in [6.07, 6.45) is 1.45. The zero-order valence-corrected chi connectivity index (χ0v) is 16.7. The first-order valence-corrected chi connectivity index (χ1v) is 9.85. The van der Waals surface area contributed by atoms with Crippen LogP contribution in [0.2, 0.25) is 0 Å². The molecule has 0 bridgehead atoms. The molecule has 0 spiro atoms. The summed E-state index contributed by atoms with van der Waals surface area (Å²) in [5, 5.41) is 4.08. The molecule has 5 rings (SSSR count). The fourth-order valence-electron chi connectivity index (χ4n) is 4.76. The van der Waals surface area contributed by atoms with Crippen molar-refractivity contribution in [1.29, 1.82) is 0 Å². The Kier molecular flexibility index (Phi) is 4.15. The molecule has 4 heterocycles. The predicted molar refractivity (Wildman–Crippen MR) is 104 cm³/mol. The summed E-state index contributed by atoms with van der Waals surface area (Å²) in [6.45, 7) is 7.89. The van der Waals surface area contributed by atoms with Crippen molar-refractivity contribution in [2.45, 2.75) is 26.8 Å². The maximum absolute atomic E-state index is 13.3. The number of carbonyl (C=O) groups is 1. The Morgan fingerprint density at radius 2 is 1.90 bits per heavy atom. The average Bonchev–Trinajstić information content (AvgIpc) is 3.45. The second-order valence-electron chi connectivity index (χ2n) is 7.95. The van der Waals surface area contributed by atoms with E-state index in [0.717, 1.165) is 13.1 Å². The highest BCUT2D eigenvalue weighted by molar-refractivity contribution is 5.92. The van der Waals surface area contributed by atoms with Gasteiger partial charge in [-0.15, -0.1) is 0 Å². The first-order valence-electron chi connectivity index (χ1n) is 9.85. The Morgan fingerprint density at radius 3 is 2.59 bits per heavy atom. The van der Waals surface area contributed by atoms with E-state index in [9.17, 15) is 4.79 Å². The highest BCUT2D eigenvalue weighted by Crippen LogP contribution is 2.46. The Balaban J connectivity index is 1.49. The summed E-state index contributed by atoms with van der Waals surface area (Å²) in [5.41, 5.74) is 2.73. The SMILES string of the molecule is Cc1nc(C(=O)N2C[C@@H]3CN(c4noc(C)n4)C[C@@H]3[C@H]2c2ccccc2C)co1. The topological polar surface area (TPSA) is 88.5 Å². The number of amides is 1. The number of oxazole rings is 1. The summed E-state index contributed by atoms with van der Waals surface area (Å²) >= 11 is 0. The highest BCUT2D eigenvalue weighted by atomic mass is 16.5. The lowest BCUT2D eigenvalue weighted by atomic mass is 9.87. The summed E-state index contributed by atoms with van der Waals surface area (Å²) in [5.74, 6) is 2.23. The van der Waals surface area contributed by atoms with Gasteiger partial charge in [-0.3, -0.25) is 4.79 Å².